The first-order chi connectivity index (χ1) is 15.6. The second kappa shape index (κ2) is 8.37. The third kappa shape index (κ3) is 3.79. The lowest BCUT2D eigenvalue weighted by molar-refractivity contribution is 0.0927. The van der Waals surface area contributed by atoms with Crippen LogP contribution in [0.2, 0.25) is 0 Å². The van der Waals surface area contributed by atoms with Gasteiger partial charge in [-0.3, -0.25) is 9.59 Å². The summed E-state index contributed by atoms with van der Waals surface area (Å²) in [6.07, 6.45) is 3.04. The Kier molecular flexibility index (Phi) is 5.26. The molecule has 0 saturated carbocycles. The van der Waals surface area contributed by atoms with Crippen LogP contribution >= 0.6 is 0 Å². The van der Waals surface area contributed by atoms with Gasteiger partial charge in [-0.2, -0.15) is 5.10 Å². The van der Waals surface area contributed by atoms with Gasteiger partial charge >= 0.3 is 0 Å². The molecule has 0 saturated heterocycles. The van der Waals surface area contributed by atoms with Crippen LogP contribution in [0.1, 0.15) is 40.5 Å². The average molecular weight is 428 g/mol. The number of nitrogens with one attached hydrogen (secondary N) is 1. The number of fused-ring (bicyclic) bond motifs is 2. The molecule has 0 radical (unpaired) electrons. The Balaban J connectivity index is 1.33. The van der Waals surface area contributed by atoms with E-state index in [0.29, 0.717) is 10.8 Å². The number of amides is 1. The highest BCUT2D eigenvalue weighted by molar-refractivity contribution is 6.04. The number of carbonyl (C=O) groups is 1. The van der Waals surface area contributed by atoms with Crippen LogP contribution in [-0.4, -0.2) is 36.5 Å². The number of hydrogen-bond acceptors (Lipinski definition) is 5. The maximum Gasteiger partial charge on any atom is 0.274 e. The van der Waals surface area contributed by atoms with Crippen molar-refractivity contribution in [2.75, 3.05) is 0 Å². The fourth-order valence-corrected chi connectivity index (χ4v) is 4.32. The topological polar surface area (TPSA) is 94.7 Å². The molecule has 3 heterocycles. The molecule has 0 spiro atoms. The Labute approximate surface area is 184 Å². The first-order valence-electron chi connectivity index (χ1n) is 10.8. The first kappa shape index (κ1) is 20.1. The molecule has 4 aromatic rings. The minimum Gasteiger partial charge on any atom is -0.348 e. The number of aryl methyl sites for hydroxylation is 2. The molecule has 2 aromatic heterocycles. The Morgan fingerprint density at radius 1 is 1.03 bits per heavy atom. The molecule has 0 bridgehead atoms. The van der Waals surface area contributed by atoms with E-state index >= 15 is 0 Å². The number of nitrogens with zero attached hydrogens (tertiary/aromatic N) is 5. The molecular weight excluding hydrogens is 404 g/mol. The average Bonchev–Trinajstić information content (AvgIpc) is 3.08. The molecule has 1 unspecified atom stereocenters. The Morgan fingerprint density at radius 3 is 2.59 bits per heavy atom. The minimum absolute atomic E-state index is 0.00780. The maximum atomic E-state index is 13.1. The summed E-state index contributed by atoms with van der Waals surface area (Å²) in [5.41, 5.74) is 1.26. The summed E-state index contributed by atoms with van der Waals surface area (Å²) in [7, 11) is 1.57. The van der Waals surface area contributed by atoms with Gasteiger partial charge in [0, 0.05) is 37.9 Å². The van der Waals surface area contributed by atoms with Gasteiger partial charge in [0.25, 0.3) is 11.5 Å². The van der Waals surface area contributed by atoms with Crippen molar-refractivity contribution in [2.24, 2.45) is 7.05 Å². The van der Waals surface area contributed by atoms with Gasteiger partial charge in [-0.25, -0.2) is 4.68 Å². The smallest absolute Gasteiger partial charge is 0.274 e. The van der Waals surface area contributed by atoms with Crippen molar-refractivity contribution in [3.8, 4) is 0 Å². The zero-order chi connectivity index (χ0) is 22.1. The third-order valence-corrected chi connectivity index (χ3v) is 6.03. The van der Waals surface area contributed by atoms with E-state index in [4.69, 9.17) is 0 Å². The van der Waals surface area contributed by atoms with E-state index in [-0.39, 0.29) is 23.2 Å². The quantitative estimate of drug-likeness (QED) is 0.538. The minimum atomic E-state index is -0.260. The molecule has 0 aliphatic carbocycles. The van der Waals surface area contributed by atoms with Crippen molar-refractivity contribution in [3.63, 3.8) is 0 Å². The monoisotopic (exact) mass is 428 g/mol. The van der Waals surface area contributed by atoms with Crippen molar-refractivity contribution < 1.29 is 4.79 Å². The van der Waals surface area contributed by atoms with E-state index in [1.165, 1.54) is 10.2 Å². The molecule has 5 rings (SSSR count). The number of rotatable bonds is 4. The Hall–Kier alpha value is -3.81. The first-order valence-corrected chi connectivity index (χ1v) is 10.8. The van der Waals surface area contributed by atoms with E-state index < -0.39 is 0 Å². The fourth-order valence-electron chi connectivity index (χ4n) is 4.32. The van der Waals surface area contributed by atoms with Crippen LogP contribution in [0.15, 0.2) is 59.4 Å². The van der Waals surface area contributed by atoms with Crippen molar-refractivity contribution in [1.29, 1.82) is 0 Å². The van der Waals surface area contributed by atoms with Crippen molar-refractivity contribution in [2.45, 2.75) is 38.3 Å². The second-order valence-electron chi connectivity index (χ2n) is 8.17. The van der Waals surface area contributed by atoms with Crippen LogP contribution < -0.4 is 10.9 Å². The zero-order valence-corrected chi connectivity index (χ0v) is 17.9. The molecule has 1 aliphatic heterocycles. The number of hydrogen-bond donors (Lipinski definition) is 1. The van der Waals surface area contributed by atoms with Crippen molar-refractivity contribution in [1.82, 2.24) is 29.9 Å². The van der Waals surface area contributed by atoms with E-state index in [2.05, 4.69) is 37.3 Å². The third-order valence-electron chi connectivity index (χ3n) is 6.03. The van der Waals surface area contributed by atoms with Crippen LogP contribution in [0.25, 0.3) is 10.8 Å². The highest BCUT2D eigenvalue weighted by Gasteiger charge is 2.23. The van der Waals surface area contributed by atoms with Gasteiger partial charge in [0.2, 0.25) is 0 Å². The van der Waals surface area contributed by atoms with Gasteiger partial charge in [0.1, 0.15) is 11.6 Å². The van der Waals surface area contributed by atoms with Crippen LogP contribution in [0.5, 0.6) is 0 Å². The fraction of sp³-hybridized carbons (Fsp3) is 0.292. The van der Waals surface area contributed by atoms with Crippen molar-refractivity contribution >= 4 is 16.7 Å². The molecule has 8 heteroatoms. The van der Waals surface area contributed by atoms with Gasteiger partial charge in [0.15, 0.2) is 5.69 Å². The van der Waals surface area contributed by atoms with E-state index in [1.807, 2.05) is 24.3 Å². The number of aromatic nitrogens is 5. The Morgan fingerprint density at radius 2 is 1.78 bits per heavy atom. The predicted octanol–water partition coefficient (Wildman–Crippen LogP) is 2.25. The molecule has 8 nitrogen and oxygen atoms in total. The summed E-state index contributed by atoms with van der Waals surface area (Å²) in [5.74, 6) is 1.64. The summed E-state index contributed by atoms with van der Waals surface area (Å²) in [6, 6.07) is 17.3. The van der Waals surface area contributed by atoms with Crippen LogP contribution in [-0.2, 0) is 26.4 Å². The molecule has 1 N–H and O–H groups in total. The molecule has 0 fully saturated rings. The molecule has 32 heavy (non-hydrogen) atoms. The second-order valence-corrected chi connectivity index (χ2v) is 8.17. The van der Waals surface area contributed by atoms with Crippen LogP contribution in [0.4, 0.5) is 0 Å². The maximum absolute atomic E-state index is 13.1. The molecule has 1 aliphatic rings. The highest BCUT2D eigenvalue weighted by atomic mass is 16.2. The van der Waals surface area contributed by atoms with Crippen LogP contribution in [0, 0.1) is 0 Å². The lowest BCUT2D eigenvalue weighted by Gasteiger charge is -2.17. The summed E-state index contributed by atoms with van der Waals surface area (Å²) in [6.45, 7) is 0.747. The molecule has 2 aromatic carbocycles. The Bertz CT molecular complexity index is 1340. The predicted molar refractivity (Wildman–Crippen MR) is 120 cm³/mol. The summed E-state index contributed by atoms with van der Waals surface area (Å²) in [5, 5.41) is 17.2. The highest BCUT2D eigenvalue weighted by Crippen LogP contribution is 2.19. The van der Waals surface area contributed by atoms with Crippen molar-refractivity contribution in [3.05, 3.63) is 87.9 Å². The largest absolute Gasteiger partial charge is 0.348 e. The lowest BCUT2D eigenvalue weighted by atomic mass is 10.1. The molecule has 162 valence electrons. The van der Waals surface area contributed by atoms with E-state index in [0.717, 1.165) is 43.9 Å². The SMILES string of the molecule is Cn1nc(C(=O)NC2CCc3nnc(Cc4ccccc4)n3CC2)c2ccccc2c1=O. The normalized spacial score (nSPS) is 15.8. The molecular formula is C24H24N6O2. The number of carbonyl (C=O) groups excluding carboxylic acids is 1. The summed E-state index contributed by atoms with van der Waals surface area (Å²) >= 11 is 0. The van der Waals surface area contributed by atoms with Crippen LogP contribution in [0.3, 0.4) is 0 Å². The zero-order valence-electron chi connectivity index (χ0n) is 17.9. The standard InChI is InChI=1S/C24H24N6O2/c1-29-24(32)19-10-6-5-9-18(19)22(28-29)23(31)25-17-11-12-20-26-27-21(30(20)14-13-17)15-16-7-3-2-4-8-16/h2-10,17H,11-15H2,1H3,(H,25,31). The summed E-state index contributed by atoms with van der Waals surface area (Å²) in [4.78, 5) is 25.4. The van der Waals surface area contributed by atoms with Gasteiger partial charge in [0.05, 0.1) is 5.39 Å². The van der Waals surface area contributed by atoms with Gasteiger partial charge in [-0.05, 0) is 24.5 Å². The van der Waals surface area contributed by atoms with Gasteiger partial charge < -0.3 is 9.88 Å². The lowest BCUT2D eigenvalue weighted by Crippen LogP contribution is -2.37. The van der Waals surface area contributed by atoms with Gasteiger partial charge in [-0.1, -0.05) is 48.5 Å². The molecule has 1 atom stereocenters. The van der Waals surface area contributed by atoms with Gasteiger partial charge in [-0.15, -0.1) is 10.2 Å². The number of benzene rings is 2. The van der Waals surface area contributed by atoms with E-state index in [1.54, 1.807) is 25.2 Å². The van der Waals surface area contributed by atoms with E-state index in [9.17, 15) is 9.59 Å². The molecule has 1 amide bonds. The summed E-state index contributed by atoms with van der Waals surface area (Å²) < 4.78 is 3.40.